The number of fused-ring (bicyclic) bond motifs is 1. The number of carbonyl (C=O) groups is 2. The van der Waals surface area contributed by atoms with Crippen LogP contribution in [0.15, 0.2) is 18.2 Å². The molecule has 1 atom stereocenters. The van der Waals surface area contributed by atoms with Gasteiger partial charge in [-0.3, -0.25) is 9.59 Å². The lowest BCUT2D eigenvalue weighted by molar-refractivity contribution is -0.125. The second kappa shape index (κ2) is 8.11. The number of hydrogen-bond acceptors (Lipinski definition) is 3. The Bertz CT molecular complexity index is 665. The van der Waals surface area contributed by atoms with Gasteiger partial charge in [-0.25, -0.2) is 0 Å². The molecule has 0 spiro atoms. The van der Waals surface area contributed by atoms with Gasteiger partial charge in [-0.15, -0.1) is 0 Å². The molecule has 142 valence electrons. The van der Waals surface area contributed by atoms with Crippen LogP contribution in [0.3, 0.4) is 0 Å². The van der Waals surface area contributed by atoms with Gasteiger partial charge in [-0.05, 0) is 56.7 Å². The number of ether oxygens (including phenoxy) is 1. The Balaban J connectivity index is 1.60. The summed E-state index contributed by atoms with van der Waals surface area (Å²) in [7, 11) is 1.74. The van der Waals surface area contributed by atoms with Crippen molar-refractivity contribution in [2.45, 2.75) is 64.9 Å². The lowest BCUT2D eigenvalue weighted by Crippen LogP contribution is -2.42. The molecule has 5 nitrogen and oxygen atoms in total. The van der Waals surface area contributed by atoms with Crippen molar-refractivity contribution in [3.8, 4) is 5.75 Å². The molecule has 1 N–H and O–H groups in total. The third kappa shape index (κ3) is 4.02. The number of benzene rings is 1. The van der Waals surface area contributed by atoms with Crippen LogP contribution in [0.1, 0.15) is 58.8 Å². The summed E-state index contributed by atoms with van der Waals surface area (Å²) in [6.07, 6.45) is 7.64. The molecule has 26 heavy (non-hydrogen) atoms. The minimum atomic E-state index is -0.476. The topological polar surface area (TPSA) is 58.6 Å². The fraction of sp³-hybridized carbons (Fsp3) is 0.619. The molecule has 0 radical (unpaired) electrons. The fourth-order valence-electron chi connectivity index (χ4n) is 4.04. The second-order valence-corrected chi connectivity index (χ2v) is 7.69. The first-order chi connectivity index (χ1) is 12.5. The van der Waals surface area contributed by atoms with Crippen molar-refractivity contribution < 1.29 is 14.3 Å². The highest BCUT2D eigenvalue weighted by molar-refractivity contribution is 6.01. The van der Waals surface area contributed by atoms with Crippen LogP contribution in [0.4, 0.5) is 11.4 Å². The van der Waals surface area contributed by atoms with E-state index in [9.17, 15) is 9.59 Å². The molecule has 1 aliphatic heterocycles. The van der Waals surface area contributed by atoms with E-state index in [1.807, 2.05) is 18.2 Å². The minimum absolute atomic E-state index is 0.0774. The lowest BCUT2D eigenvalue weighted by atomic mass is 9.79. The number of carbonyl (C=O) groups excluding carboxylic acids is 2. The van der Waals surface area contributed by atoms with Gasteiger partial charge in [0.1, 0.15) is 5.75 Å². The van der Waals surface area contributed by atoms with Crippen molar-refractivity contribution in [2.24, 2.45) is 11.8 Å². The van der Waals surface area contributed by atoms with Crippen LogP contribution >= 0.6 is 0 Å². The van der Waals surface area contributed by atoms with Gasteiger partial charge in [0.15, 0.2) is 6.10 Å². The number of nitrogens with zero attached hydrogens (tertiary/aromatic N) is 1. The van der Waals surface area contributed by atoms with Gasteiger partial charge >= 0.3 is 0 Å². The molecule has 2 aliphatic rings. The standard InChI is InChI=1S/C21H30N2O3/c1-4-5-6-15-7-9-16(10-8-15)20(24)22-17-11-12-19-18(13-17)23(3)21(25)14(2)26-19/h11-16H,4-10H2,1-3H3,(H,22,24). The largest absolute Gasteiger partial charge is 0.479 e. The quantitative estimate of drug-likeness (QED) is 0.850. The number of anilines is 2. The molecule has 1 fully saturated rings. The molecule has 1 unspecified atom stereocenters. The second-order valence-electron chi connectivity index (χ2n) is 7.69. The number of unbranched alkanes of at least 4 members (excludes halogenated alkanes) is 1. The smallest absolute Gasteiger partial charge is 0.267 e. The number of nitrogens with one attached hydrogen (secondary N) is 1. The number of likely N-dealkylation sites (N-methyl/N-ethyl adjacent to an activating group) is 1. The van der Waals surface area contributed by atoms with Gasteiger partial charge in [-0.2, -0.15) is 0 Å². The van der Waals surface area contributed by atoms with Crippen molar-refractivity contribution in [3.05, 3.63) is 18.2 Å². The Hall–Kier alpha value is -2.04. The summed E-state index contributed by atoms with van der Waals surface area (Å²) in [6.45, 7) is 3.97. The van der Waals surface area contributed by atoms with E-state index in [-0.39, 0.29) is 17.7 Å². The number of hydrogen-bond donors (Lipinski definition) is 1. The van der Waals surface area contributed by atoms with E-state index in [1.165, 1.54) is 19.3 Å². The summed E-state index contributed by atoms with van der Waals surface area (Å²) in [4.78, 5) is 26.3. The van der Waals surface area contributed by atoms with Crippen LogP contribution in [0.2, 0.25) is 0 Å². The van der Waals surface area contributed by atoms with Crippen molar-refractivity contribution in [1.82, 2.24) is 0 Å². The van der Waals surface area contributed by atoms with Crippen molar-refractivity contribution in [3.63, 3.8) is 0 Å². The van der Waals surface area contributed by atoms with E-state index in [4.69, 9.17) is 4.74 Å². The van der Waals surface area contributed by atoms with Gasteiger partial charge < -0.3 is 15.0 Å². The molecule has 1 aromatic rings. The Morgan fingerprint density at radius 2 is 2.00 bits per heavy atom. The van der Waals surface area contributed by atoms with Crippen LogP contribution < -0.4 is 15.0 Å². The third-order valence-corrected chi connectivity index (χ3v) is 5.75. The molecule has 1 heterocycles. The first-order valence-corrected chi connectivity index (χ1v) is 9.88. The summed E-state index contributed by atoms with van der Waals surface area (Å²) in [5, 5.41) is 3.03. The molecule has 1 aliphatic carbocycles. The molecule has 0 aromatic heterocycles. The maximum Gasteiger partial charge on any atom is 0.267 e. The van der Waals surface area contributed by atoms with Crippen LogP contribution in [-0.2, 0) is 9.59 Å². The van der Waals surface area contributed by atoms with Crippen LogP contribution in [0.25, 0.3) is 0 Å². The Morgan fingerprint density at radius 3 is 2.69 bits per heavy atom. The molecule has 2 amide bonds. The van der Waals surface area contributed by atoms with E-state index in [0.29, 0.717) is 11.4 Å². The van der Waals surface area contributed by atoms with Crippen LogP contribution in [-0.4, -0.2) is 25.0 Å². The summed E-state index contributed by atoms with van der Waals surface area (Å²) < 4.78 is 5.63. The van der Waals surface area contributed by atoms with E-state index >= 15 is 0 Å². The summed E-state index contributed by atoms with van der Waals surface area (Å²) >= 11 is 0. The fourth-order valence-corrected chi connectivity index (χ4v) is 4.04. The SMILES string of the molecule is CCCCC1CCC(C(=O)Nc2ccc3c(c2)N(C)C(=O)C(C)O3)CC1. The van der Waals surface area contributed by atoms with E-state index in [2.05, 4.69) is 12.2 Å². The predicted molar refractivity (Wildman–Crippen MR) is 104 cm³/mol. The van der Waals surface area contributed by atoms with Crippen molar-refractivity contribution >= 4 is 23.2 Å². The molecule has 1 aromatic carbocycles. The van der Waals surface area contributed by atoms with Gasteiger partial charge in [0, 0.05) is 18.7 Å². The summed E-state index contributed by atoms with van der Waals surface area (Å²) in [5.74, 6) is 1.58. The maximum absolute atomic E-state index is 12.6. The Labute approximate surface area is 156 Å². The summed E-state index contributed by atoms with van der Waals surface area (Å²) in [6, 6.07) is 5.50. The van der Waals surface area contributed by atoms with E-state index < -0.39 is 6.10 Å². The normalized spacial score (nSPS) is 25.4. The number of amides is 2. The van der Waals surface area contributed by atoms with Gasteiger partial charge in [0.05, 0.1) is 5.69 Å². The van der Waals surface area contributed by atoms with Crippen molar-refractivity contribution in [1.29, 1.82) is 0 Å². The molecule has 0 bridgehead atoms. The van der Waals surface area contributed by atoms with E-state index in [0.717, 1.165) is 37.3 Å². The summed E-state index contributed by atoms with van der Waals surface area (Å²) in [5.41, 5.74) is 1.42. The van der Waals surface area contributed by atoms with Crippen LogP contribution in [0, 0.1) is 11.8 Å². The predicted octanol–water partition coefficient (Wildman–Crippen LogP) is 4.37. The highest BCUT2D eigenvalue weighted by Crippen LogP contribution is 2.36. The first kappa shape index (κ1) is 18.7. The monoisotopic (exact) mass is 358 g/mol. The third-order valence-electron chi connectivity index (χ3n) is 5.75. The molecular weight excluding hydrogens is 328 g/mol. The first-order valence-electron chi connectivity index (χ1n) is 9.88. The average Bonchev–Trinajstić information content (AvgIpc) is 2.65. The van der Waals surface area contributed by atoms with E-state index in [1.54, 1.807) is 18.9 Å². The molecule has 0 saturated heterocycles. The molecule has 3 rings (SSSR count). The van der Waals surface area contributed by atoms with Crippen molar-refractivity contribution in [2.75, 3.05) is 17.3 Å². The zero-order chi connectivity index (χ0) is 18.7. The average molecular weight is 358 g/mol. The zero-order valence-corrected chi connectivity index (χ0v) is 16.1. The Morgan fingerprint density at radius 1 is 1.27 bits per heavy atom. The maximum atomic E-state index is 12.6. The number of rotatable bonds is 5. The molecule has 5 heteroatoms. The lowest BCUT2D eigenvalue weighted by Gasteiger charge is -2.31. The highest BCUT2D eigenvalue weighted by atomic mass is 16.5. The van der Waals surface area contributed by atoms with Gasteiger partial charge in [0.2, 0.25) is 5.91 Å². The zero-order valence-electron chi connectivity index (χ0n) is 16.1. The minimum Gasteiger partial charge on any atom is -0.479 e. The van der Waals surface area contributed by atoms with Crippen LogP contribution in [0.5, 0.6) is 5.75 Å². The Kier molecular flexibility index (Phi) is 5.84. The molecule has 1 saturated carbocycles. The van der Waals surface area contributed by atoms with Gasteiger partial charge in [0.25, 0.3) is 5.91 Å². The highest BCUT2D eigenvalue weighted by Gasteiger charge is 2.30. The molecular formula is C21H30N2O3. The van der Waals surface area contributed by atoms with Gasteiger partial charge in [-0.1, -0.05) is 26.2 Å².